The average molecular weight is 421 g/mol. The Kier molecular flexibility index (Phi) is 4.67. The molecule has 0 saturated heterocycles. The van der Waals surface area contributed by atoms with E-state index in [1.807, 2.05) is 0 Å². The maximum atomic E-state index is 14.0. The molecule has 3 aromatic rings. The van der Waals surface area contributed by atoms with Crippen molar-refractivity contribution in [3.63, 3.8) is 0 Å². The van der Waals surface area contributed by atoms with Gasteiger partial charge in [-0.3, -0.25) is 19.4 Å². The van der Waals surface area contributed by atoms with Gasteiger partial charge in [0.05, 0.1) is 42.5 Å². The first kappa shape index (κ1) is 19.8. The van der Waals surface area contributed by atoms with Gasteiger partial charge in [0.15, 0.2) is 5.82 Å². The Morgan fingerprint density at radius 3 is 2.67 bits per heavy atom. The highest BCUT2D eigenvalue weighted by atomic mass is 19.4. The van der Waals surface area contributed by atoms with Gasteiger partial charge in [0.1, 0.15) is 6.54 Å². The first-order chi connectivity index (χ1) is 14.2. The number of carbonyl (C=O) groups is 1. The predicted molar refractivity (Wildman–Crippen MR) is 97.5 cm³/mol. The summed E-state index contributed by atoms with van der Waals surface area (Å²) in [5, 5.41) is 3.68. The Labute approximate surface area is 167 Å². The molecule has 1 aliphatic rings. The molecule has 1 aliphatic heterocycles. The van der Waals surface area contributed by atoms with Crippen LogP contribution in [0.3, 0.4) is 0 Å². The van der Waals surface area contributed by atoms with Gasteiger partial charge in [-0.25, -0.2) is 9.37 Å². The molecule has 156 valence electrons. The minimum atomic E-state index is -4.42. The van der Waals surface area contributed by atoms with E-state index < -0.39 is 18.5 Å². The smallest absolute Gasteiger partial charge is 0.408 e. The number of ether oxygens (including phenoxy) is 1. The Balaban J connectivity index is 1.65. The van der Waals surface area contributed by atoms with Crippen LogP contribution in [-0.2, 0) is 13.1 Å². The van der Waals surface area contributed by atoms with Gasteiger partial charge in [-0.15, -0.1) is 0 Å². The van der Waals surface area contributed by atoms with E-state index >= 15 is 0 Å². The van der Waals surface area contributed by atoms with Crippen LogP contribution in [0.15, 0.2) is 30.7 Å². The molecular weight excluding hydrogens is 406 g/mol. The van der Waals surface area contributed by atoms with Crippen molar-refractivity contribution in [2.45, 2.75) is 26.2 Å². The van der Waals surface area contributed by atoms with E-state index in [4.69, 9.17) is 4.74 Å². The van der Waals surface area contributed by atoms with E-state index in [0.29, 0.717) is 28.1 Å². The first-order valence-corrected chi connectivity index (χ1v) is 8.78. The number of anilines is 1. The largest absolute Gasteiger partial charge is 0.479 e. The van der Waals surface area contributed by atoms with E-state index in [1.54, 1.807) is 13.0 Å². The van der Waals surface area contributed by atoms with Crippen LogP contribution in [0.4, 0.5) is 23.2 Å². The number of alkyl halides is 3. The quantitative estimate of drug-likeness (QED) is 0.603. The molecule has 4 heterocycles. The highest BCUT2D eigenvalue weighted by Gasteiger charge is 2.34. The SMILES string of the molecule is COc1ncc(-c2cc(C)c3c(n2)CN(c2cnn(CC(F)(F)F)c2)C3=O)cc1F. The molecule has 0 unspecified atom stereocenters. The summed E-state index contributed by atoms with van der Waals surface area (Å²) in [6.45, 7) is 0.526. The summed E-state index contributed by atoms with van der Waals surface area (Å²) < 4.78 is 57.2. The van der Waals surface area contributed by atoms with Crippen molar-refractivity contribution in [1.82, 2.24) is 19.7 Å². The van der Waals surface area contributed by atoms with Gasteiger partial charge in [0.25, 0.3) is 5.91 Å². The molecule has 0 saturated carbocycles. The van der Waals surface area contributed by atoms with Crippen LogP contribution in [0, 0.1) is 12.7 Å². The van der Waals surface area contributed by atoms with E-state index in [-0.39, 0.29) is 24.0 Å². The van der Waals surface area contributed by atoms with Gasteiger partial charge in [-0.2, -0.15) is 18.3 Å². The monoisotopic (exact) mass is 421 g/mol. The second kappa shape index (κ2) is 7.08. The summed E-state index contributed by atoms with van der Waals surface area (Å²) in [5.41, 5.74) is 2.48. The molecule has 1 amide bonds. The Bertz CT molecular complexity index is 1140. The van der Waals surface area contributed by atoms with Crippen LogP contribution >= 0.6 is 0 Å². The van der Waals surface area contributed by atoms with E-state index in [2.05, 4.69) is 15.1 Å². The third-order valence-corrected chi connectivity index (χ3v) is 4.63. The Hall–Kier alpha value is -3.50. The predicted octanol–water partition coefficient (Wildman–Crippen LogP) is 3.52. The number of methoxy groups -OCH3 is 1. The number of halogens is 4. The summed E-state index contributed by atoms with van der Waals surface area (Å²) in [5.74, 6) is -1.18. The lowest BCUT2D eigenvalue weighted by Gasteiger charge is -2.12. The summed E-state index contributed by atoms with van der Waals surface area (Å²) in [6.07, 6.45) is -0.646. The van der Waals surface area contributed by atoms with E-state index in [0.717, 1.165) is 10.9 Å². The maximum Gasteiger partial charge on any atom is 0.408 e. The standard InChI is InChI=1S/C19H15F4N5O2/c1-10-3-14(11-4-13(20)17(30-2)24-5-11)26-15-8-28(18(29)16(10)15)12-6-25-27(7-12)9-19(21,22)23/h3-7H,8-9H2,1-2H3. The van der Waals surface area contributed by atoms with Crippen LogP contribution < -0.4 is 9.64 Å². The number of hydrogen-bond acceptors (Lipinski definition) is 5. The molecule has 11 heteroatoms. The number of carbonyl (C=O) groups excluding carboxylic acids is 1. The van der Waals surface area contributed by atoms with Gasteiger partial charge < -0.3 is 4.74 Å². The third-order valence-electron chi connectivity index (χ3n) is 4.63. The lowest BCUT2D eigenvalue weighted by Crippen LogP contribution is -2.23. The van der Waals surface area contributed by atoms with E-state index in [1.165, 1.54) is 30.5 Å². The Morgan fingerprint density at radius 2 is 2.00 bits per heavy atom. The fourth-order valence-electron chi connectivity index (χ4n) is 3.34. The third kappa shape index (κ3) is 3.58. The van der Waals surface area contributed by atoms with Crippen LogP contribution in [0.5, 0.6) is 5.88 Å². The van der Waals surface area contributed by atoms with Gasteiger partial charge in [-0.05, 0) is 24.6 Å². The minimum Gasteiger partial charge on any atom is -0.479 e. The summed E-state index contributed by atoms with van der Waals surface area (Å²) in [7, 11) is 1.31. The second-order valence-corrected chi connectivity index (χ2v) is 6.76. The zero-order chi connectivity index (χ0) is 21.6. The Morgan fingerprint density at radius 1 is 1.23 bits per heavy atom. The topological polar surface area (TPSA) is 73.1 Å². The van der Waals surface area contributed by atoms with Crippen molar-refractivity contribution >= 4 is 11.6 Å². The zero-order valence-electron chi connectivity index (χ0n) is 15.9. The van der Waals surface area contributed by atoms with Crippen molar-refractivity contribution in [2.24, 2.45) is 0 Å². The van der Waals surface area contributed by atoms with Crippen molar-refractivity contribution in [1.29, 1.82) is 0 Å². The average Bonchev–Trinajstić information content (AvgIpc) is 3.24. The van der Waals surface area contributed by atoms with Gasteiger partial charge in [0.2, 0.25) is 5.88 Å². The minimum absolute atomic E-state index is 0.0621. The normalized spacial score (nSPS) is 13.7. The van der Waals surface area contributed by atoms with Crippen LogP contribution in [-0.4, -0.2) is 38.9 Å². The van der Waals surface area contributed by atoms with Crippen LogP contribution in [0.2, 0.25) is 0 Å². The van der Waals surface area contributed by atoms with Crippen molar-refractivity contribution in [3.05, 3.63) is 53.4 Å². The molecular formula is C19H15F4N5O2. The lowest BCUT2D eigenvalue weighted by atomic mass is 10.1. The summed E-state index contributed by atoms with van der Waals surface area (Å²) in [6, 6.07) is 2.87. The highest BCUT2D eigenvalue weighted by molar-refractivity contribution is 6.10. The van der Waals surface area contributed by atoms with Crippen molar-refractivity contribution < 1.29 is 27.1 Å². The number of rotatable bonds is 4. The highest BCUT2D eigenvalue weighted by Crippen LogP contribution is 2.32. The second-order valence-electron chi connectivity index (χ2n) is 6.76. The molecule has 0 spiro atoms. The number of amides is 1. The number of fused-ring (bicyclic) bond motifs is 1. The molecule has 0 atom stereocenters. The fourth-order valence-corrected chi connectivity index (χ4v) is 3.34. The fraction of sp³-hybridized carbons (Fsp3) is 0.263. The number of nitrogens with zero attached hydrogens (tertiary/aromatic N) is 5. The number of aromatic nitrogens is 4. The molecule has 4 rings (SSSR count). The first-order valence-electron chi connectivity index (χ1n) is 8.78. The lowest BCUT2D eigenvalue weighted by molar-refractivity contribution is -0.142. The van der Waals surface area contributed by atoms with Crippen molar-refractivity contribution in [3.8, 4) is 17.1 Å². The molecule has 0 aliphatic carbocycles. The van der Waals surface area contributed by atoms with Crippen LogP contribution in [0.1, 0.15) is 21.6 Å². The molecule has 7 nitrogen and oxygen atoms in total. The molecule has 0 radical (unpaired) electrons. The molecule has 0 bridgehead atoms. The van der Waals surface area contributed by atoms with Crippen LogP contribution in [0.25, 0.3) is 11.3 Å². The number of pyridine rings is 2. The molecule has 0 fully saturated rings. The molecule has 0 N–H and O–H groups in total. The van der Waals surface area contributed by atoms with Crippen molar-refractivity contribution in [2.75, 3.05) is 12.0 Å². The number of hydrogen-bond donors (Lipinski definition) is 0. The molecule has 30 heavy (non-hydrogen) atoms. The van der Waals surface area contributed by atoms with Gasteiger partial charge in [-0.1, -0.05) is 0 Å². The molecule has 3 aromatic heterocycles. The molecule has 0 aromatic carbocycles. The maximum absolute atomic E-state index is 14.0. The van der Waals surface area contributed by atoms with E-state index in [9.17, 15) is 22.4 Å². The summed E-state index contributed by atoms with van der Waals surface area (Å²) >= 11 is 0. The van der Waals surface area contributed by atoms with Gasteiger partial charge >= 0.3 is 6.18 Å². The zero-order valence-corrected chi connectivity index (χ0v) is 15.9. The van der Waals surface area contributed by atoms with Gasteiger partial charge in [0, 0.05) is 18.0 Å². The number of aryl methyl sites for hydroxylation is 1. The summed E-state index contributed by atoms with van der Waals surface area (Å²) in [4.78, 5) is 22.5.